The maximum absolute atomic E-state index is 12.4. The molecule has 0 radical (unpaired) electrons. The lowest BCUT2D eigenvalue weighted by atomic mass is 10.00. The molecule has 0 aromatic heterocycles. The highest BCUT2D eigenvalue weighted by Gasteiger charge is 2.27. The van der Waals surface area contributed by atoms with E-state index in [1.165, 1.54) is 32.4 Å². The van der Waals surface area contributed by atoms with Gasteiger partial charge in [0.2, 0.25) is 0 Å². The van der Waals surface area contributed by atoms with Crippen molar-refractivity contribution >= 4 is 6.03 Å². The van der Waals surface area contributed by atoms with E-state index in [9.17, 15) is 4.79 Å². The number of urea groups is 1. The number of hydrogen-bond acceptors (Lipinski definition) is 3. The van der Waals surface area contributed by atoms with Crippen molar-refractivity contribution < 1.29 is 9.90 Å². The Kier molecular flexibility index (Phi) is 6.77. The third-order valence-corrected chi connectivity index (χ3v) is 4.80. The molecular weight excluding hydrogens is 266 g/mol. The first kappa shape index (κ1) is 16.6. The number of hydrogen-bond donors (Lipinski definition) is 2. The second-order valence-corrected chi connectivity index (χ2v) is 6.50. The van der Waals surface area contributed by atoms with E-state index >= 15 is 0 Å². The van der Waals surface area contributed by atoms with E-state index in [4.69, 9.17) is 5.11 Å². The van der Waals surface area contributed by atoms with Gasteiger partial charge in [0.1, 0.15) is 0 Å². The van der Waals surface area contributed by atoms with Crippen molar-refractivity contribution in [3.63, 3.8) is 0 Å². The van der Waals surface area contributed by atoms with Crippen molar-refractivity contribution in [1.29, 1.82) is 0 Å². The fourth-order valence-corrected chi connectivity index (χ4v) is 3.65. The van der Waals surface area contributed by atoms with Crippen molar-refractivity contribution in [1.82, 2.24) is 15.1 Å². The number of amides is 2. The Balaban J connectivity index is 1.73. The quantitative estimate of drug-likeness (QED) is 0.784. The predicted octanol–water partition coefficient (Wildman–Crippen LogP) is 1.66. The first-order valence-electron chi connectivity index (χ1n) is 8.62. The molecule has 2 unspecified atom stereocenters. The molecule has 2 heterocycles. The van der Waals surface area contributed by atoms with Crippen LogP contribution in [0.25, 0.3) is 0 Å². The van der Waals surface area contributed by atoms with Gasteiger partial charge in [0, 0.05) is 32.3 Å². The Bertz CT molecular complexity index is 323. The lowest BCUT2D eigenvalue weighted by molar-refractivity contribution is 0.131. The first-order chi connectivity index (χ1) is 10.2. The van der Waals surface area contributed by atoms with Gasteiger partial charge in [-0.1, -0.05) is 6.92 Å². The summed E-state index contributed by atoms with van der Waals surface area (Å²) < 4.78 is 0. The summed E-state index contributed by atoms with van der Waals surface area (Å²) in [4.78, 5) is 16.8. The molecule has 122 valence electrons. The van der Waals surface area contributed by atoms with Crippen molar-refractivity contribution in [3.8, 4) is 0 Å². The zero-order chi connectivity index (χ0) is 15.1. The number of carbonyl (C=O) groups is 1. The Morgan fingerprint density at radius 3 is 2.90 bits per heavy atom. The zero-order valence-electron chi connectivity index (χ0n) is 13.4. The highest BCUT2D eigenvalue weighted by Crippen LogP contribution is 2.20. The van der Waals surface area contributed by atoms with Crippen LogP contribution in [0.1, 0.15) is 45.4 Å². The summed E-state index contributed by atoms with van der Waals surface area (Å²) in [6, 6.07) is 0.297. The Morgan fingerprint density at radius 2 is 2.14 bits per heavy atom. The zero-order valence-corrected chi connectivity index (χ0v) is 13.4. The molecule has 2 rings (SSSR count). The van der Waals surface area contributed by atoms with E-state index in [1.807, 2.05) is 4.90 Å². The number of aliphatic hydroxyl groups excluding tert-OH is 1. The molecule has 2 N–H and O–H groups in total. The maximum Gasteiger partial charge on any atom is 0.317 e. The van der Waals surface area contributed by atoms with Gasteiger partial charge in [0.15, 0.2) is 0 Å². The predicted molar refractivity (Wildman–Crippen MR) is 84.3 cm³/mol. The third-order valence-electron chi connectivity index (χ3n) is 4.80. The summed E-state index contributed by atoms with van der Waals surface area (Å²) in [5.41, 5.74) is 0. The van der Waals surface area contributed by atoms with Crippen LogP contribution in [0.2, 0.25) is 0 Å². The second-order valence-electron chi connectivity index (χ2n) is 6.50. The van der Waals surface area contributed by atoms with Crippen LogP contribution in [0.3, 0.4) is 0 Å². The van der Waals surface area contributed by atoms with E-state index in [1.54, 1.807) is 0 Å². The van der Waals surface area contributed by atoms with Crippen LogP contribution in [0.15, 0.2) is 0 Å². The molecule has 5 nitrogen and oxygen atoms in total. The number of nitrogens with one attached hydrogen (secondary N) is 1. The van der Waals surface area contributed by atoms with Crippen LogP contribution in [0, 0.1) is 5.92 Å². The molecule has 2 atom stereocenters. The molecule has 0 aliphatic carbocycles. The topological polar surface area (TPSA) is 55.8 Å². The molecule has 0 saturated carbocycles. The Hall–Kier alpha value is -0.810. The lowest BCUT2D eigenvalue weighted by Gasteiger charge is -2.35. The monoisotopic (exact) mass is 297 g/mol. The summed E-state index contributed by atoms with van der Waals surface area (Å²) in [6.45, 7) is 7.48. The minimum atomic E-state index is 0.0714. The van der Waals surface area contributed by atoms with Gasteiger partial charge in [0.05, 0.1) is 0 Å². The van der Waals surface area contributed by atoms with Crippen LogP contribution >= 0.6 is 0 Å². The van der Waals surface area contributed by atoms with Gasteiger partial charge in [-0.05, 0) is 57.5 Å². The van der Waals surface area contributed by atoms with Crippen LogP contribution in [-0.2, 0) is 0 Å². The molecule has 21 heavy (non-hydrogen) atoms. The fourth-order valence-electron chi connectivity index (χ4n) is 3.65. The Morgan fingerprint density at radius 1 is 1.29 bits per heavy atom. The maximum atomic E-state index is 12.4. The fraction of sp³-hybridized carbons (Fsp3) is 0.938. The van der Waals surface area contributed by atoms with Crippen LogP contribution in [0.4, 0.5) is 4.79 Å². The largest absolute Gasteiger partial charge is 0.396 e. The van der Waals surface area contributed by atoms with E-state index in [2.05, 4.69) is 17.1 Å². The van der Waals surface area contributed by atoms with Gasteiger partial charge in [-0.15, -0.1) is 0 Å². The molecule has 2 aliphatic heterocycles. The van der Waals surface area contributed by atoms with Crippen molar-refractivity contribution in [2.24, 2.45) is 5.92 Å². The van der Waals surface area contributed by atoms with Crippen LogP contribution in [-0.4, -0.2) is 66.3 Å². The molecule has 2 aliphatic rings. The minimum absolute atomic E-state index is 0.0714. The number of piperidine rings is 1. The number of carbonyl (C=O) groups excluding carboxylic acids is 1. The SMILES string of the molecule is CCCN1CCC(CNC(=O)N2CCCCC2CCO)C1. The summed E-state index contributed by atoms with van der Waals surface area (Å²) >= 11 is 0. The minimum Gasteiger partial charge on any atom is -0.396 e. The first-order valence-corrected chi connectivity index (χ1v) is 8.62. The van der Waals surface area contributed by atoms with E-state index in [0.717, 1.165) is 32.5 Å². The normalized spacial score (nSPS) is 27.0. The van der Waals surface area contributed by atoms with Crippen LogP contribution in [0.5, 0.6) is 0 Å². The van der Waals surface area contributed by atoms with Gasteiger partial charge in [-0.3, -0.25) is 0 Å². The molecule has 5 heteroatoms. The molecule has 2 saturated heterocycles. The second kappa shape index (κ2) is 8.59. The molecular formula is C16H31N3O2. The molecule has 0 spiro atoms. The standard InChI is InChI=1S/C16H31N3O2/c1-2-8-18-10-6-14(13-18)12-17-16(21)19-9-4-3-5-15(19)7-11-20/h14-15,20H,2-13H2,1H3,(H,17,21). The number of rotatable bonds is 6. The average molecular weight is 297 g/mol. The van der Waals surface area contributed by atoms with Crippen LogP contribution < -0.4 is 5.32 Å². The van der Waals surface area contributed by atoms with E-state index < -0.39 is 0 Å². The van der Waals surface area contributed by atoms with Crippen molar-refractivity contribution in [2.45, 2.75) is 51.5 Å². The number of aliphatic hydroxyl groups is 1. The van der Waals surface area contributed by atoms with Gasteiger partial charge in [-0.25, -0.2) is 4.79 Å². The van der Waals surface area contributed by atoms with Crippen molar-refractivity contribution in [3.05, 3.63) is 0 Å². The summed E-state index contributed by atoms with van der Waals surface area (Å²) in [5.74, 6) is 0.599. The molecule has 2 fully saturated rings. The summed E-state index contributed by atoms with van der Waals surface area (Å²) in [6.07, 6.45) is 6.39. The van der Waals surface area contributed by atoms with Crippen molar-refractivity contribution in [2.75, 3.05) is 39.3 Å². The molecule has 0 aromatic rings. The van der Waals surface area contributed by atoms with Gasteiger partial charge < -0.3 is 20.2 Å². The molecule has 2 amide bonds. The Labute approximate surface area is 128 Å². The smallest absolute Gasteiger partial charge is 0.317 e. The average Bonchev–Trinajstić information content (AvgIpc) is 2.94. The number of likely N-dealkylation sites (tertiary alicyclic amines) is 2. The van der Waals surface area contributed by atoms with Gasteiger partial charge >= 0.3 is 6.03 Å². The lowest BCUT2D eigenvalue weighted by Crippen LogP contribution is -2.50. The number of nitrogens with zero attached hydrogens (tertiary/aromatic N) is 2. The van der Waals surface area contributed by atoms with E-state index in [0.29, 0.717) is 12.3 Å². The van der Waals surface area contributed by atoms with E-state index in [-0.39, 0.29) is 18.7 Å². The highest BCUT2D eigenvalue weighted by atomic mass is 16.3. The van der Waals surface area contributed by atoms with Gasteiger partial charge in [0.25, 0.3) is 0 Å². The molecule has 0 bridgehead atoms. The highest BCUT2D eigenvalue weighted by molar-refractivity contribution is 5.74. The summed E-state index contributed by atoms with van der Waals surface area (Å²) in [7, 11) is 0. The summed E-state index contributed by atoms with van der Waals surface area (Å²) in [5, 5.41) is 12.3. The third kappa shape index (κ3) is 4.85. The molecule has 0 aromatic carbocycles. The van der Waals surface area contributed by atoms with Gasteiger partial charge in [-0.2, -0.15) is 0 Å².